The van der Waals surface area contributed by atoms with Crippen LogP contribution in [0.2, 0.25) is 0 Å². The van der Waals surface area contributed by atoms with Gasteiger partial charge < -0.3 is 16.4 Å². The van der Waals surface area contributed by atoms with Gasteiger partial charge in [-0.05, 0) is 51.6 Å². The first-order valence-corrected chi connectivity index (χ1v) is 6.33. The second-order valence-electron chi connectivity index (χ2n) is 5.49. The SMILES string of the molecule is CN(CCC1CCCC1(N)C(N)=O)C1CC1. The fourth-order valence-electron chi connectivity index (χ4n) is 2.89. The number of nitrogens with two attached hydrogens (primary N) is 2. The van der Waals surface area contributed by atoms with Crippen LogP contribution < -0.4 is 11.5 Å². The molecule has 2 atom stereocenters. The minimum atomic E-state index is -0.732. The molecule has 2 unspecified atom stereocenters. The summed E-state index contributed by atoms with van der Waals surface area (Å²) in [7, 11) is 2.16. The number of amides is 1. The van der Waals surface area contributed by atoms with Gasteiger partial charge in [-0.1, -0.05) is 6.42 Å². The highest BCUT2D eigenvalue weighted by atomic mass is 16.1. The van der Waals surface area contributed by atoms with Gasteiger partial charge in [0.05, 0.1) is 5.54 Å². The molecular formula is C12H23N3O. The Morgan fingerprint density at radius 1 is 1.44 bits per heavy atom. The van der Waals surface area contributed by atoms with Crippen molar-refractivity contribution in [3.63, 3.8) is 0 Å². The predicted octanol–water partition coefficient (Wildman–Crippen LogP) is 0.454. The highest BCUT2D eigenvalue weighted by Gasteiger charge is 2.44. The average Bonchev–Trinajstić information content (AvgIpc) is 3.00. The molecule has 0 bridgehead atoms. The third-order valence-electron chi connectivity index (χ3n) is 4.33. The summed E-state index contributed by atoms with van der Waals surface area (Å²) in [6.45, 7) is 1.04. The standard InChI is InChI=1S/C12H23N3O/c1-15(10-4-5-10)8-6-9-3-2-7-12(9,14)11(13)16/h9-10H,2-8,14H2,1H3,(H2,13,16). The second-order valence-corrected chi connectivity index (χ2v) is 5.49. The van der Waals surface area contributed by atoms with Crippen LogP contribution in [-0.4, -0.2) is 36.0 Å². The summed E-state index contributed by atoms with van der Waals surface area (Å²) in [5, 5.41) is 0. The lowest BCUT2D eigenvalue weighted by Gasteiger charge is -2.29. The first-order valence-electron chi connectivity index (χ1n) is 6.33. The molecule has 2 aliphatic carbocycles. The molecule has 0 heterocycles. The molecule has 0 aromatic rings. The van der Waals surface area contributed by atoms with Gasteiger partial charge in [0.15, 0.2) is 0 Å². The maximum Gasteiger partial charge on any atom is 0.237 e. The van der Waals surface area contributed by atoms with Gasteiger partial charge in [0, 0.05) is 6.04 Å². The lowest BCUT2D eigenvalue weighted by atomic mass is 9.85. The van der Waals surface area contributed by atoms with Crippen molar-refractivity contribution in [1.82, 2.24) is 4.90 Å². The van der Waals surface area contributed by atoms with Crippen molar-refractivity contribution in [2.24, 2.45) is 17.4 Å². The van der Waals surface area contributed by atoms with E-state index in [0.717, 1.165) is 38.3 Å². The van der Waals surface area contributed by atoms with E-state index in [9.17, 15) is 4.79 Å². The molecule has 0 spiro atoms. The smallest absolute Gasteiger partial charge is 0.237 e. The number of hydrogen-bond donors (Lipinski definition) is 2. The second kappa shape index (κ2) is 4.34. The molecule has 4 N–H and O–H groups in total. The maximum absolute atomic E-state index is 11.4. The van der Waals surface area contributed by atoms with Gasteiger partial charge in [-0.25, -0.2) is 0 Å². The first kappa shape index (κ1) is 11.9. The Morgan fingerprint density at radius 2 is 2.12 bits per heavy atom. The quantitative estimate of drug-likeness (QED) is 0.713. The molecule has 2 aliphatic rings. The average molecular weight is 225 g/mol. The van der Waals surface area contributed by atoms with Crippen molar-refractivity contribution >= 4 is 5.91 Å². The highest BCUT2D eigenvalue weighted by molar-refractivity contribution is 5.85. The van der Waals surface area contributed by atoms with Crippen LogP contribution in [-0.2, 0) is 4.79 Å². The first-order chi connectivity index (χ1) is 7.54. The van der Waals surface area contributed by atoms with E-state index in [1.54, 1.807) is 0 Å². The van der Waals surface area contributed by atoms with E-state index in [1.807, 2.05) is 0 Å². The van der Waals surface area contributed by atoms with Gasteiger partial charge in [-0.15, -0.1) is 0 Å². The summed E-state index contributed by atoms with van der Waals surface area (Å²) in [6, 6.07) is 0.780. The number of rotatable bonds is 5. The third-order valence-corrected chi connectivity index (χ3v) is 4.33. The van der Waals surface area contributed by atoms with Crippen LogP contribution in [0.4, 0.5) is 0 Å². The molecule has 1 amide bonds. The third kappa shape index (κ3) is 2.23. The monoisotopic (exact) mass is 225 g/mol. The molecule has 0 aromatic carbocycles. The van der Waals surface area contributed by atoms with E-state index < -0.39 is 5.54 Å². The molecule has 4 heteroatoms. The van der Waals surface area contributed by atoms with Crippen molar-refractivity contribution < 1.29 is 4.79 Å². The summed E-state index contributed by atoms with van der Waals surface area (Å²) >= 11 is 0. The van der Waals surface area contributed by atoms with E-state index in [1.165, 1.54) is 12.8 Å². The summed E-state index contributed by atoms with van der Waals surface area (Å²) < 4.78 is 0. The Labute approximate surface area is 97.3 Å². The normalized spacial score (nSPS) is 34.6. The van der Waals surface area contributed by atoms with Crippen molar-refractivity contribution in [3.8, 4) is 0 Å². The molecule has 2 saturated carbocycles. The van der Waals surface area contributed by atoms with Crippen molar-refractivity contribution in [2.75, 3.05) is 13.6 Å². The van der Waals surface area contributed by atoms with Crippen molar-refractivity contribution in [1.29, 1.82) is 0 Å². The zero-order chi connectivity index (χ0) is 11.8. The lowest BCUT2D eigenvalue weighted by Crippen LogP contribution is -2.55. The van der Waals surface area contributed by atoms with Gasteiger partial charge in [0.2, 0.25) is 5.91 Å². The van der Waals surface area contributed by atoms with E-state index in [2.05, 4.69) is 11.9 Å². The topological polar surface area (TPSA) is 72.3 Å². The van der Waals surface area contributed by atoms with Crippen molar-refractivity contribution in [3.05, 3.63) is 0 Å². The largest absolute Gasteiger partial charge is 0.368 e. The molecule has 92 valence electrons. The van der Waals surface area contributed by atoms with Crippen LogP contribution in [0.25, 0.3) is 0 Å². The molecule has 0 aromatic heterocycles. The van der Waals surface area contributed by atoms with Gasteiger partial charge in [0.1, 0.15) is 0 Å². The number of hydrogen-bond acceptors (Lipinski definition) is 3. The maximum atomic E-state index is 11.4. The Bertz CT molecular complexity index is 277. The van der Waals surface area contributed by atoms with Crippen LogP contribution in [0.3, 0.4) is 0 Å². The Balaban J connectivity index is 1.85. The summed E-state index contributed by atoms with van der Waals surface area (Å²) in [5.74, 6) is -0.0322. The Morgan fingerprint density at radius 3 is 2.69 bits per heavy atom. The Hall–Kier alpha value is -0.610. The fourth-order valence-corrected chi connectivity index (χ4v) is 2.89. The molecule has 2 rings (SSSR count). The lowest BCUT2D eigenvalue weighted by molar-refractivity contribution is -0.124. The summed E-state index contributed by atoms with van der Waals surface area (Å²) in [4.78, 5) is 13.8. The van der Waals surface area contributed by atoms with Gasteiger partial charge in [0.25, 0.3) is 0 Å². The van der Waals surface area contributed by atoms with Gasteiger partial charge in [-0.2, -0.15) is 0 Å². The molecule has 0 aliphatic heterocycles. The summed E-state index contributed by atoms with van der Waals surface area (Å²) in [5.41, 5.74) is 10.8. The van der Waals surface area contributed by atoms with E-state index in [4.69, 9.17) is 11.5 Å². The Kier molecular flexibility index (Phi) is 3.22. The number of nitrogens with zero attached hydrogens (tertiary/aromatic N) is 1. The fraction of sp³-hybridized carbons (Fsp3) is 0.917. The predicted molar refractivity (Wildman–Crippen MR) is 63.7 cm³/mol. The number of primary amides is 1. The molecular weight excluding hydrogens is 202 g/mol. The molecule has 0 radical (unpaired) electrons. The van der Waals surface area contributed by atoms with Gasteiger partial charge in [-0.3, -0.25) is 4.79 Å². The minimum absolute atomic E-state index is 0.284. The van der Waals surface area contributed by atoms with Crippen LogP contribution in [0.15, 0.2) is 0 Å². The van der Waals surface area contributed by atoms with Gasteiger partial charge >= 0.3 is 0 Å². The summed E-state index contributed by atoms with van der Waals surface area (Å²) in [6.07, 6.45) is 6.51. The van der Waals surface area contributed by atoms with E-state index >= 15 is 0 Å². The van der Waals surface area contributed by atoms with Crippen molar-refractivity contribution in [2.45, 2.75) is 50.1 Å². The molecule has 16 heavy (non-hydrogen) atoms. The molecule has 0 saturated heterocycles. The minimum Gasteiger partial charge on any atom is -0.368 e. The zero-order valence-corrected chi connectivity index (χ0v) is 10.1. The van der Waals surface area contributed by atoms with Crippen LogP contribution >= 0.6 is 0 Å². The molecule has 4 nitrogen and oxygen atoms in total. The number of carbonyl (C=O) groups is 1. The van der Waals surface area contributed by atoms with E-state index in [-0.39, 0.29) is 11.8 Å². The van der Waals surface area contributed by atoms with E-state index in [0.29, 0.717) is 0 Å². The van der Waals surface area contributed by atoms with Crippen LogP contribution in [0, 0.1) is 5.92 Å². The molecule has 2 fully saturated rings. The highest BCUT2D eigenvalue weighted by Crippen LogP contribution is 2.36. The zero-order valence-electron chi connectivity index (χ0n) is 10.1. The van der Waals surface area contributed by atoms with Crippen LogP contribution in [0.5, 0.6) is 0 Å². The van der Waals surface area contributed by atoms with Crippen LogP contribution in [0.1, 0.15) is 38.5 Å². The number of carbonyl (C=O) groups excluding carboxylic acids is 1.